The van der Waals surface area contributed by atoms with Crippen molar-refractivity contribution in [3.8, 4) is 26.9 Å². The molecule has 0 aliphatic heterocycles. The number of phenolic OH excluding ortho intramolecular Hbond substituents is 1. The van der Waals surface area contributed by atoms with Crippen LogP contribution in [-0.4, -0.2) is 54.0 Å². The highest BCUT2D eigenvalue weighted by Crippen LogP contribution is 2.42. The van der Waals surface area contributed by atoms with Crippen molar-refractivity contribution in [2.24, 2.45) is 10.2 Å². The molecular formula is C31H20N4O10S5. The van der Waals surface area contributed by atoms with Crippen molar-refractivity contribution in [1.29, 1.82) is 0 Å². The van der Waals surface area contributed by atoms with Crippen LogP contribution in [0.1, 0.15) is 5.56 Å². The maximum Gasteiger partial charge on any atom is 0.296 e. The van der Waals surface area contributed by atoms with Gasteiger partial charge in [0.25, 0.3) is 30.4 Å². The number of aryl methyl sites for hydroxylation is 1. The summed E-state index contributed by atoms with van der Waals surface area (Å²) in [5.74, 6) is -0.675. The van der Waals surface area contributed by atoms with Crippen LogP contribution in [0.5, 0.6) is 5.75 Å². The van der Waals surface area contributed by atoms with E-state index in [1.54, 1.807) is 11.3 Å². The summed E-state index contributed by atoms with van der Waals surface area (Å²) in [5.41, 5.74) is 2.84. The second-order valence-electron chi connectivity index (χ2n) is 11.0. The van der Waals surface area contributed by atoms with Crippen LogP contribution >= 0.6 is 22.7 Å². The van der Waals surface area contributed by atoms with Gasteiger partial charge in [-0.15, -0.1) is 32.9 Å². The summed E-state index contributed by atoms with van der Waals surface area (Å²) >= 11 is 2.83. The molecule has 0 amide bonds. The van der Waals surface area contributed by atoms with Gasteiger partial charge in [-0.1, -0.05) is 12.1 Å². The Kier molecular flexibility index (Phi) is 8.07. The predicted molar refractivity (Wildman–Crippen MR) is 188 cm³/mol. The number of hydrogen-bond acceptors (Lipinski definition) is 13. The molecule has 0 fully saturated rings. The Hall–Kier alpha value is -4.73. The van der Waals surface area contributed by atoms with Crippen LogP contribution in [-0.2, 0) is 30.4 Å². The van der Waals surface area contributed by atoms with Gasteiger partial charge in [-0.3, -0.25) is 13.7 Å². The minimum Gasteiger partial charge on any atom is -0.506 e. The molecule has 0 unspecified atom stereocenters. The van der Waals surface area contributed by atoms with E-state index in [0.717, 1.165) is 55.3 Å². The molecule has 14 nitrogen and oxygen atoms in total. The normalized spacial score (nSPS) is 12.9. The maximum atomic E-state index is 12.5. The number of phenols is 1. The third kappa shape index (κ3) is 6.36. The average Bonchev–Trinajstić information content (AvgIpc) is 3.66. The zero-order valence-electron chi connectivity index (χ0n) is 25.1. The second-order valence-corrected chi connectivity index (χ2v) is 17.2. The van der Waals surface area contributed by atoms with Crippen molar-refractivity contribution in [3.05, 3.63) is 84.4 Å². The van der Waals surface area contributed by atoms with Crippen molar-refractivity contribution in [1.82, 2.24) is 9.97 Å². The summed E-state index contributed by atoms with van der Waals surface area (Å²) in [6, 6.07) is 19.0. The number of rotatable bonds is 7. The molecule has 7 aromatic rings. The van der Waals surface area contributed by atoms with E-state index in [1.807, 2.05) is 37.3 Å². The first kappa shape index (κ1) is 33.8. The Morgan fingerprint density at radius 3 is 1.86 bits per heavy atom. The Balaban J connectivity index is 1.30. The Morgan fingerprint density at radius 2 is 1.22 bits per heavy atom. The number of nitrogens with zero attached hydrogens (tertiary/aromatic N) is 4. The number of fused-ring (bicyclic) bond motifs is 3. The largest absolute Gasteiger partial charge is 0.506 e. The van der Waals surface area contributed by atoms with Crippen LogP contribution in [0.3, 0.4) is 0 Å². The molecule has 0 aliphatic rings. The van der Waals surface area contributed by atoms with Gasteiger partial charge in [0.15, 0.2) is 0 Å². The fraction of sp³-hybridized carbons (Fsp3) is 0.0323. The van der Waals surface area contributed by atoms with Crippen LogP contribution in [0.25, 0.3) is 52.3 Å². The van der Waals surface area contributed by atoms with Gasteiger partial charge in [-0.2, -0.15) is 25.3 Å². The Bertz CT molecular complexity index is 2940. The molecule has 50 heavy (non-hydrogen) atoms. The van der Waals surface area contributed by atoms with Crippen molar-refractivity contribution >= 4 is 95.6 Å². The SMILES string of the molecule is Cc1ccc2nc(-c3ccc4nc(-c5ccc(N=Nc6c(O)ccc7cc(S(=O)(=O)O)cc(S(=O)(=O)O)c67)c(S(=O)(=O)O)c5)sc4c3)sc2c1. The van der Waals surface area contributed by atoms with Crippen molar-refractivity contribution in [3.63, 3.8) is 0 Å². The summed E-state index contributed by atoms with van der Waals surface area (Å²) in [6.45, 7) is 2.01. The quantitative estimate of drug-likeness (QED) is 0.0908. The smallest absolute Gasteiger partial charge is 0.296 e. The van der Waals surface area contributed by atoms with Gasteiger partial charge in [0.1, 0.15) is 36.9 Å². The molecule has 19 heteroatoms. The molecule has 0 radical (unpaired) electrons. The fourth-order valence-corrected chi connectivity index (χ4v) is 9.28. The molecule has 5 aromatic carbocycles. The van der Waals surface area contributed by atoms with E-state index in [1.165, 1.54) is 23.5 Å². The van der Waals surface area contributed by atoms with E-state index >= 15 is 0 Å². The molecular weight excluding hydrogens is 749 g/mol. The average molecular weight is 769 g/mol. The van der Waals surface area contributed by atoms with Crippen molar-refractivity contribution in [2.75, 3.05) is 0 Å². The van der Waals surface area contributed by atoms with Crippen LogP contribution in [0.4, 0.5) is 11.4 Å². The summed E-state index contributed by atoms with van der Waals surface area (Å²) in [5, 5.41) is 18.8. The van der Waals surface area contributed by atoms with Gasteiger partial charge in [0.05, 0.1) is 25.3 Å². The number of aromatic hydroxyl groups is 1. The fourth-order valence-electron chi connectivity index (χ4n) is 5.20. The first-order valence-corrected chi connectivity index (χ1v) is 20.0. The van der Waals surface area contributed by atoms with E-state index in [2.05, 4.69) is 21.3 Å². The summed E-state index contributed by atoms with van der Waals surface area (Å²) < 4.78 is 104. The minimum atomic E-state index is -5.17. The lowest BCUT2D eigenvalue weighted by Gasteiger charge is -2.10. The molecule has 0 aliphatic carbocycles. The van der Waals surface area contributed by atoms with Gasteiger partial charge < -0.3 is 5.11 Å². The molecule has 7 rings (SSSR count). The lowest BCUT2D eigenvalue weighted by molar-refractivity contribution is 0.477. The molecule has 0 saturated heterocycles. The van der Waals surface area contributed by atoms with E-state index in [9.17, 15) is 44.0 Å². The van der Waals surface area contributed by atoms with E-state index in [4.69, 9.17) is 4.98 Å². The van der Waals surface area contributed by atoms with E-state index < -0.39 is 67.6 Å². The Labute approximate surface area is 291 Å². The first-order chi connectivity index (χ1) is 23.5. The lowest BCUT2D eigenvalue weighted by atomic mass is 10.1. The molecule has 2 aromatic heterocycles. The summed E-state index contributed by atoms with van der Waals surface area (Å²) in [6.07, 6.45) is 0. The zero-order chi connectivity index (χ0) is 35.7. The Morgan fingerprint density at radius 1 is 0.620 bits per heavy atom. The number of hydrogen-bond donors (Lipinski definition) is 4. The van der Waals surface area contributed by atoms with Gasteiger partial charge >= 0.3 is 0 Å². The standard InChI is InChI=1S/C31H20N4O10S5/c1-15-2-6-20-24(10-15)46-30(32-20)17-3-7-21-25(12-17)47-31(33-21)18-4-8-22(26(13-18)49(40,41)42)34-35-29-23(36)9-5-16-11-19(48(37,38)39)14-27(28(16)29)50(43,44)45/h2-14,36H,1H3,(H,37,38,39)(H,40,41,42)(H,43,44,45). The van der Waals surface area contributed by atoms with Crippen LogP contribution < -0.4 is 0 Å². The van der Waals surface area contributed by atoms with Gasteiger partial charge in [0.2, 0.25) is 0 Å². The van der Waals surface area contributed by atoms with E-state index in [0.29, 0.717) is 22.2 Å². The van der Waals surface area contributed by atoms with Crippen LogP contribution in [0.15, 0.2) is 104 Å². The molecule has 0 atom stereocenters. The molecule has 4 N–H and O–H groups in total. The van der Waals surface area contributed by atoms with Gasteiger partial charge in [-0.25, -0.2) is 9.97 Å². The van der Waals surface area contributed by atoms with Crippen LogP contribution in [0.2, 0.25) is 0 Å². The zero-order valence-corrected chi connectivity index (χ0v) is 29.2. The number of aromatic nitrogens is 2. The second kappa shape index (κ2) is 12.0. The highest BCUT2D eigenvalue weighted by atomic mass is 32.2. The third-order valence-electron chi connectivity index (χ3n) is 7.50. The first-order valence-electron chi connectivity index (χ1n) is 14.0. The molecule has 0 bridgehead atoms. The summed E-state index contributed by atoms with van der Waals surface area (Å²) in [4.78, 5) is 6.76. The highest BCUT2D eigenvalue weighted by molar-refractivity contribution is 7.87. The monoisotopic (exact) mass is 768 g/mol. The molecule has 0 saturated carbocycles. The summed E-state index contributed by atoms with van der Waals surface area (Å²) in [7, 11) is -15.0. The lowest BCUT2D eigenvalue weighted by Crippen LogP contribution is -2.04. The number of benzene rings is 5. The van der Waals surface area contributed by atoms with Crippen molar-refractivity contribution < 1.29 is 44.0 Å². The number of thiazole rings is 2. The third-order valence-corrected chi connectivity index (χ3v) is 12.2. The van der Waals surface area contributed by atoms with Gasteiger partial charge in [0, 0.05) is 16.5 Å². The highest BCUT2D eigenvalue weighted by Gasteiger charge is 2.25. The molecule has 254 valence electrons. The van der Waals surface area contributed by atoms with E-state index in [-0.39, 0.29) is 5.39 Å². The van der Waals surface area contributed by atoms with Crippen LogP contribution in [0, 0.1) is 6.92 Å². The van der Waals surface area contributed by atoms with Crippen molar-refractivity contribution in [2.45, 2.75) is 21.6 Å². The van der Waals surface area contributed by atoms with Gasteiger partial charge in [-0.05, 0) is 84.6 Å². The maximum absolute atomic E-state index is 12.5. The molecule has 0 spiro atoms. The topological polar surface area (TPSA) is 234 Å². The predicted octanol–water partition coefficient (Wildman–Crippen LogP) is 7.56. The number of azo groups is 1. The molecule has 2 heterocycles. The minimum absolute atomic E-state index is 0.193.